The summed E-state index contributed by atoms with van der Waals surface area (Å²) in [6.07, 6.45) is 1.59. The molecule has 0 unspecified atom stereocenters. The lowest BCUT2D eigenvalue weighted by molar-refractivity contribution is 0.238. The maximum absolute atomic E-state index is 12.7. The zero-order chi connectivity index (χ0) is 25.7. The van der Waals surface area contributed by atoms with E-state index in [4.69, 9.17) is 14.2 Å². The Morgan fingerprint density at radius 1 is 0.972 bits per heavy atom. The number of anilines is 3. The average Bonchev–Trinajstić information content (AvgIpc) is 2.89. The number of pyridine rings is 1. The minimum Gasteiger partial charge on any atom is -0.493 e. The SMILES string of the molecule is COc1cc(Nc2cnc3ccc(NC(=O)N(S)Cc4ccccc4C)nc3n2)cc(OC)c1OC. The molecule has 0 bridgehead atoms. The lowest BCUT2D eigenvalue weighted by Gasteiger charge is -2.17. The van der Waals surface area contributed by atoms with E-state index in [1.165, 1.54) is 4.31 Å². The van der Waals surface area contributed by atoms with Crippen molar-refractivity contribution in [2.75, 3.05) is 32.0 Å². The number of carbonyl (C=O) groups excluding carboxylic acids is 1. The Hall–Kier alpha value is -4.25. The highest BCUT2D eigenvalue weighted by Gasteiger charge is 2.15. The number of fused-ring (bicyclic) bond motifs is 1. The van der Waals surface area contributed by atoms with E-state index >= 15 is 0 Å². The van der Waals surface area contributed by atoms with Crippen LogP contribution in [-0.2, 0) is 6.54 Å². The molecule has 2 amide bonds. The number of hydrogen-bond donors (Lipinski definition) is 3. The predicted molar refractivity (Wildman–Crippen MR) is 141 cm³/mol. The first-order chi connectivity index (χ1) is 17.4. The maximum atomic E-state index is 12.7. The van der Waals surface area contributed by atoms with Crippen molar-refractivity contribution in [1.82, 2.24) is 19.3 Å². The fourth-order valence-electron chi connectivity index (χ4n) is 3.52. The number of rotatable bonds is 8. The Kier molecular flexibility index (Phi) is 7.59. The number of amides is 2. The lowest BCUT2D eigenvalue weighted by Crippen LogP contribution is -2.27. The summed E-state index contributed by atoms with van der Waals surface area (Å²) in [5.41, 5.74) is 3.67. The number of hydrogen-bond acceptors (Lipinski definition) is 9. The highest BCUT2D eigenvalue weighted by molar-refractivity contribution is 7.78. The number of nitrogens with zero attached hydrogens (tertiary/aromatic N) is 4. The molecule has 0 spiro atoms. The number of ether oxygens (including phenoxy) is 3. The van der Waals surface area contributed by atoms with E-state index < -0.39 is 6.03 Å². The summed E-state index contributed by atoms with van der Waals surface area (Å²) < 4.78 is 17.5. The quantitative estimate of drug-likeness (QED) is 0.287. The summed E-state index contributed by atoms with van der Waals surface area (Å²) in [6, 6.07) is 14.3. The van der Waals surface area contributed by atoms with Gasteiger partial charge in [0.15, 0.2) is 23.0 Å². The largest absolute Gasteiger partial charge is 0.493 e. The normalized spacial score (nSPS) is 10.6. The van der Waals surface area contributed by atoms with Gasteiger partial charge in [0.05, 0.1) is 34.1 Å². The van der Waals surface area contributed by atoms with Crippen LogP contribution in [-0.4, -0.2) is 46.6 Å². The number of aromatic nitrogens is 3. The molecule has 4 aromatic rings. The zero-order valence-electron chi connectivity index (χ0n) is 20.3. The van der Waals surface area contributed by atoms with Crippen LogP contribution in [0.1, 0.15) is 11.1 Å². The molecule has 4 rings (SSSR count). The minimum atomic E-state index is -0.409. The molecule has 0 atom stereocenters. The average molecular weight is 507 g/mol. The van der Waals surface area contributed by atoms with Gasteiger partial charge in [-0.05, 0) is 30.2 Å². The van der Waals surface area contributed by atoms with Crippen molar-refractivity contribution in [3.8, 4) is 17.2 Å². The summed E-state index contributed by atoms with van der Waals surface area (Å²) in [4.78, 5) is 26.0. The van der Waals surface area contributed by atoms with Gasteiger partial charge < -0.3 is 19.5 Å². The van der Waals surface area contributed by atoms with Gasteiger partial charge in [0.2, 0.25) is 5.75 Å². The Bertz CT molecular complexity index is 1380. The van der Waals surface area contributed by atoms with Crippen molar-refractivity contribution in [2.24, 2.45) is 0 Å². The van der Waals surface area contributed by atoms with E-state index in [0.717, 1.165) is 11.1 Å². The first kappa shape index (κ1) is 24.9. The minimum absolute atomic E-state index is 0.329. The third kappa shape index (κ3) is 5.52. The van der Waals surface area contributed by atoms with E-state index in [0.29, 0.717) is 52.3 Å². The van der Waals surface area contributed by atoms with Gasteiger partial charge in [-0.1, -0.05) is 37.1 Å². The first-order valence-corrected chi connectivity index (χ1v) is 11.3. The van der Waals surface area contributed by atoms with Crippen molar-refractivity contribution in [1.29, 1.82) is 0 Å². The summed E-state index contributed by atoms with van der Waals surface area (Å²) in [7, 11) is 4.63. The van der Waals surface area contributed by atoms with Crippen LogP contribution in [0.25, 0.3) is 11.2 Å². The second-order valence-corrected chi connectivity index (χ2v) is 8.23. The van der Waals surface area contributed by atoms with E-state index in [9.17, 15) is 4.79 Å². The van der Waals surface area contributed by atoms with E-state index in [1.54, 1.807) is 51.8 Å². The monoisotopic (exact) mass is 506 g/mol. The Morgan fingerprint density at radius 2 is 1.67 bits per heavy atom. The van der Waals surface area contributed by atoms with Gasteiger partial charge in [0, 0.05) is 17.8 Å². The van der Waals surface area contributed by atoms with Gasteiger partial charge in [-0.25, -0.2) is 19.7 Å². The van der Waals surface area contributed by atoms with Crippen LogP contribution in [0.15, 0.2) is 54.7 Å². The maximum Gasteiger partial charge on any atom is 0.333 e. The molecular weight excluding hydrogens is 480 g/mol. The summed E-state index contributed by atoms with van der Waals surface area (Å²) in [6.45, 7) is 2.33. The van der Waals surface area contributed by atoms with Crippen molar-refractivity contribution in [2.45, 2.75) is 13.5 Å². The molecule has 11 heteroatoms. The highest BCUT2D eigenvalue weighted by Crippen LogP contribution is 2.40. The highest BCUT2D eigenvalue weighted by atomic mass is 32.1. The van der Waals surface area contributed by atoms with Crippen LogP contribution >= 0.6 is 12.8 Å². The number of urea groups is 1. The Morgan fingerprint density at radius 3 is 2.33 bits per heavy atom. The van der Waals surface area contributed by atoms with Gasteiger partial charge in [0.25, 0.3) is 0 Å². The van der Waals surface area contributed by atoms with Gasteiger partial charge in [-0.2, -0.15) is 0 Å². The number of nitrogens with one attached hydrogen (secondary N) is 2. The summed E-state index contributed by atoms with van der Waals surface area (Å²) in [5.74, 6) is 2.26. The first-order valence-electron chi connectivity index (χ1n) is 10.9. The van der Waals surface area contributed by atoms with Gasteiger partial charge in [-0.3, -0.25) is 9.62 Å². The number of carbonyl (C=O) groups is 1. The van der Waals surface area contributed by atoms with Gasteiger partial charge in [-0.15, -0.1) is 0 Å². The number of methoxy groups -OCH3 is 3. The molecule has 2 aromatic heterocycles. The third-order valence-corrected chi connectivity index (χ3v) is 5.72. The molecule has 36 heavy (non-hydrogen) atoms. The summed E-state index contributed by atoms with van der Waals surface area (Å²) >= 11 is 4.33. The van der Waals surface area contributed by atoms with Crippen LogP contribution in [0.4, 0.5) is 22.1 Å². The Balaban J connectivity index is 1.52. The second kappa shape index (κ2) is 11.0. The standard InChI is InChI=1S/C25H26N6O4S/c1-15-7-5-6-8-16(15)14-31(36)25(32)30-21-10-9-18-24(28-21)29-22(13-26-18)27-17-11-19(33-2)23(35-4)20(12-17)34-3/h5-13,36H,14H2,1-4H3,(H2,27,28,29,30,32). The lowest BCUT2D eigenvalue weighted by atomic mass is 10.1. The fraction of sp³-hybridized carbons (Fsp3) is 0.200. The molecule has 0 saturated heterocycles. The molecule has 2 heterocycles. The third-order valence-electron chi connectivity index (χ3n) is 5.39. The summed E-state index contributed by atoms with van der Waals surface area (Å²) in [5, 5.41) is 5.92. The van der Waals surface area contributed by atoms with Crippen molar-refractivity contribution >= 4 is 47.3 Å². The van der Waals surface area contributed by atoms with Gasteiger partial charge >= 0.3 is 6.03 Å². The van der Waals surface area contributed by atoms with Crippen LogP contribution in [0.2, 0.25) is 0 Å². The van der Waals surface area contributed by atoms with E-state index in [1.807, 2.05) is 31.2 Å². The molecule has 2 N–H and O–H groups in total. The van der Waals surface area contributed by atoms with E-state index in [2.05, 4.69) is 38.4 Å². The van der Waals surface area contributed by atoms with Crippen LogP contribution in [0.5, 0.6) is 17.2 Å². The van der Waals surface area contributed by atoms with Crippen LogP contribution < -0.4 is 24.8 Å². The molecule has 2 aromatic carbocycles. The molecule has 0 aliphatic heterocycles. The Labute approximate surface area is 214 Å². The number of thiol groups is 1. The molecule has 0 radical (unpaired) electrons. The second-order valence-electron chi connectivity index (χ2n) is 7.75. The number of aryl methyl sites for hydroxylation is 1. The zero-order valence-corrected chi connectivity index (χ0v) is 21.2. The van der Waals surface area contributed by atoms with Crippen molar-refractivity contribution < 1.29 is 19.0 Å². The van der Waals surface area contributed by atoms with Crippen molar-refractivity contribution in [3.05, 3.63) is 65.9 Å². The predicted octanol–water partition coefficient (Wildman–Crippen LogP) is 4.98. The van der Waals surface area contributed by atoms with Gasteiger partial charge in [0.1, 0.15) is 11.3 Å². The fourth-order valence-corrected chi connectivity index (χ4v) is 3.73. The van der Waals surface area contributed by atoms with Crippen LogP contribution in [0.3, 0.4) is 0 Å². The molecular formula is C25H26N6O4S. The van der Waals surface area contributed by atoms with Crippen molar-refractivity contribution in [3.63, 3.8) is 0 Å². The molecule has 0 aliphatic carbocycles. The molecule has 10 nitrogen and oxygen atoms in total. The van der Waals surface area contributed by atoms with E-state index in [-0.39, 0.29) is 0 Å². The van der Waals surface area contributed by atoms with Crippen LogP contribution in [0, 0.1) is 6.92 Å². The number of benzene rings is 2. The molecule has 0 saturated carbocycles. The molecule has 186 valence electrons. The molecule has 0 aliphatic rings. The molecule has 0 fully saturated rings. The smallest absolute Gasteiger partial charge is 0.333 e. The topological polar surface area (TPSA) is 111 Å².